The number of nitrogens with one attached hydrogen (secondary N) is 2. The second-order valence-corrected chi connectivity index (χ2v) is 4.78. The van der Waals surface area contributed by atoms with E-state index in [-0.39, 0.29) is 6.54 Å². The van der Waals surface area contributed by atoms with Crippen LogP contribution in [0.2, 0.25) is 0 Å². The Morgan fingerprint density at radius 3 is 3.05 bits per heavy atom. The van der Waals surface area contributed by atoms with E-state index in [9.17, 15) is 4.79 Å². The van der Waals surface area contributed by atoms with Crippen molar-refractivity contribution in [3.8, 4) is 0 Å². The Morgan fingerprint density at radius 2 is 2.32 bits per heavy atom. The molecule has 7 heteroatoms. The van der Waals surface area contributed by atoms with Crippen LogP contribution in [0, 0.1) is 0 Å². The lowest BCUT2D eigenvalue weighted by Crippen LogP contribution is -2.39. The van der Waals surface area contributed by atoms with Gasteiger partial charge in [-0.15, -0.1) is 0 Å². The first kappa shape index (κ1) is 13.5. The van der Waals surface area contributed by atoms with Crippen molar-refractivity contribution < 1.29 is 9.90 Å². The van der Waals surface area contributed by atoms with Crippen LogP contribution in [0.15, 0.2) is 12.4 Å². The van der Waals surface area contributed by atoms with Crippen molar-refractivity contribution in [2.75, 3.05) is 37.3 Å². The van der Waals surface area contributed by atoms with E-state index in [0.29, 0.717) is 11.9 Å². The maximum absolute atomic E-state index is 10.5. The largest absolute Gasteiger partial charge is 0.480 e. The smallest absolute Gasteiger partial charge is 0.322 e. The van der Waals surface area contributed by atoms with E-state index in [4.69, 9.17) is 5.11 Å². The molecule has 104 valence electrons. The number of hydrogen-bond acceptors (Lipinski definition) is 6. The number of piperidine rings is 1. The molecule has 1 aromatic rings. The summed E-state index contributed by atoms with van der Waals surface area (Å²) in [7, 11) is 2.10. The summed E-state index contributed by atoms with van der Waals surface area (Å²) in [5.74, 6) is 0.328. The molecule has 1 aromatic heterocycles. The standard InChI is InChI=1S/C12H19N5O2/c1-17-4-2-3-9(7-17)16-11-5-10(14-8-15-11)13-6-12(18)19/h5,8-9H,2-4,6-7H2,1H3,(H,18,19)(H2,13,14,15,16). The molecule has 2 rings (SSSR count). The van der Waals surface area contributed by atoms with Crippen LogP contribution in [0.5, 0.6) is 0 Å². The third-order valence-corrected chi connectivity index (χ3v) is 3.06. The summed E-state index contributed by atoms with van der Waals surface area (Å²) in [6.45, 7) is 1.97. The van der Waals surface area contributed by atoms with Crippen molar-refractivity contribution in [3.63, 3.8) is 0 Å². The Kier molecular flexibility index (Phi) is 4.51. The summed E-state index contributed by atoms with van der Waals surface area (Å²) >= 11 is 0. The highest BCUT2D eigenvalue weighted by atomic mass is 16.4. The fourth-order valence-electron chi connectivity index (χ4n) is 2.19. The molecule has 1 aliphatic rings. The van der Waals surface area contributed by atoms with E-state index in [1.54, 1.807) is 6.07 Å². The highest BCUT2D eigenvalue weighted by molar-refractivity contribution is 5.72. The van der Waals surface area contributed by atoms with Gasteiger partial charge in [-0.2, -0.15) is 0 Å². The van der Waals surface area contributed by atoms with Crippen molar-refractivity contribution in [1.82, 2.24) is 14.9 Å². The predicted octanol–water partition coefficient (Wildman–Crippen LogP) is 0.479. The minimum Gasteiger partial charge on any atom is -0.480 e. The summed E-state index contributed by atoms with van der Waals surface area (Å²) in [4.78, 5) is 20.9. The number of carbonyl (C=O) groups is 1. The van der Waals surface area contributed by atoms with E-state index in [0.717, 1.165) is 25.3 Å². The van der Waals surface area contributed by atoms with Gasteiger partial charge in [0.05, 0.1) is 0 Å². The van der Waals surface area contributed by atoms with Crippen molar-refractivity contribution in [2.45, 2.75) is 18.9 Å². The van der Waals surface area contributed by atoms with Gasteiger partial charge in [0.1, 0.15) is 24.5 Å². The Hall–Kier alpha value is -1.89. The maximum Gasteiger partial charge on any atom is 0.322 e. The Morgan fingerprint density at radius 1 is 1.53 bits per heavy atom. The quantitative estimate of drug-likeness (QED) is 0.713. The highest BCUT2D eigenvalue weighted by Gasteiger charge is 2.17. The van der Waals surface area contributed by atoms with Gasteiger partial charge >= 0.3 is 5.97 Å². The van der Waals surface area contributed by atoms with Gasteiger partial charge in [-0.05, 0) is 26.4 Å². The fraction of sp³-hybridized carbons (Fsp3) is 0.583. The zero-order valence-electron chi connectivity index (χ0n) is 11.0. The molecule has 1 fully saturated rings. The van der Waals surface area contributed by atoms with E-state index in [2.05, 4.69) is 32.5 Å². The van der Waals surface area contributed by atoms with Crippen LogP contribution in [0.25, 0.3) is 0 Å². The molecule has 19 heavy (non-hydrogen) atoms. The minimum atomic E-state index is -0.915. The number of carboxylic acid groups (broad SMARTS) is 1. The lowest BCUT2D eigenvalue weighted by Gasteiger charge is -2.30. The van der Waals surface area contributed by atoms with E-state index in [1.165, 1.54) is 12.7 Å². The van der Waals surface area contributed by atoms with Gasteiger partial charge in [0.2, 0.25) is 0 Å². The zero-order chi connectivity index (χ0) is 13.7. The second kappa shape index (κ2) is 6.33. The average molecular weight is 265 g/mol. The van der Waals surface area contributed by atoms with Crippen LogP contribution < -0.4 is 10.6 Å². The number of nitrogens with zero attached hydrogens (tertiary/aromatic N) is 3. The van der Waals surface area contributed by atoms with Gasteiger partial charge in [-0.1, -0.05) is 0 Å². The van der Waals surface area contributed by atoms with Crippen LogP contribution >= 0.6 is 0 Å². The Balaban J connectivity index is 1.92. The first-order valence-electron chi connectivity index (χ1n) is 6.36. The van der Waals surface area contributed by atoms with Crippen molar-refractivity contribution >= 4 is 17.6 Å². The molecule has 0 saturated carbocycles. The molecule has 0 amide bonds. The van der Waals surface area contributed by atoms with Crippen molar-refractivity contribution in [2.24, 2.45) is 0 Å². The van der Waals surface area contributed by atoms with Crippen LogP contribution in [0.3, 0.4) is 0 Å². The minimum absolute atomic E-state index is 0.150. The number of likely N-dealkylation sites (tertiary alicyclic amines) is 1. The SMILES string of the molecule is CN1CCCC(Nc2cc(NCC(=O)O)ncn2)C1. The maximum atomic E-state index is 10.5. The molecule has 7 nitrogen and oxygen atoms in total. The van der Waals surface area contributed by atoms with Gasteiger partial charge in [-0.25, -0.2) is 9.97 Å². The second-order valence-electron chi connectivity index (χ2n) is 4.78. The molecular formula is C12H19N5O2. The van der Waals surface area contributed by atoms with Gasteiger partial charge in [0, 0.05) is 18.7 Å². The molecule has 2 heterocycles. The molecule has 0 radical (unpaired) electrons. The van der Waals surface area contributed by atoms with Crippen molar-refractivity contribution in [3.05, 3.63) is 12.4 Å². The molecule has 1 saturated heterocycles. The summed E-state index contributed by atoms with van der Waals surface area (Å²) in [6, 6.07) is 2.11. The number of aromatic nitrogens is 2. The first-order chi connectivity index (χ1) is 9.13. The fourth-order valence-corrected chi connectivity index (χ4v) is 2.19. The topological polar surface area (TPSA) is 90.4 Å². The summed E-state index contributed by atoms with van der Waals surface area (Å²) in [5.41, 5.74) is 0. The lowest BCUT2D eigenvalue weighted by atomic mass is 10.1. The summed E-state index contributed by atoms with van der Waals surface area (Å²) < 4.78 is 0. The van der Waals surface area contributed by atoms with Gasteiger partial charge in [0.25, 0.3) is 0 Å². The Bertz CT molecular complexity index is 440. The number of carboxylic acids is 1. The summed E-state index contributed by atoms with van der Waals surface area (Å²) in [5, 5.41) is 14.7. The van der Waals surface area contributed by atoms with E-state index >= 15 is 0 Å². The number of aliphatic carboxylic acids is 1. The van der Waals surface area contributed by atoms with Crippen LogP contribution in [-0.4, -0.2) is 58.7 Å². The lowest BCUT2D eigenvalue weighted by molar-refractivity contribution is -0.134. The summed E-state index contributed by atoms with van der Waals surface area (Å²) in [6.07, 6.45) is 3.72. The zero-order valence-corrected chi connectivity index (χ0v) is 11.0. The Labute approximate surface area is 112 Å². The number of likely N-dealkylation sites (N-methyl/N-ethyl adjacent to an activating group) is 1. The molecule has 0 aromatic carbocycles. The molecule has 1 aliphatic heterocycles. The molecular weight excluding hydrogens is 246 g/mol. The molecule has 3 N–H and O–H groups in total. The first-order valence-corrected chi connectivity index (χ1v) is 6.36. The van der Waals surface area contributed by atoms with Gasteiger partial charge in [-0.3, -0.25) is 4.79 Å². The third kappa shape index (κ3) is 4.36. The van der Waals surface area contributed by atoms with Crippen LogP contribution in [-0.2, 0) is 4.79 Å². The predicted molar refractivity (Wildman–Crippen MR) is 72.3 cm³/mol. The monoisotopic (exact) mass is 265 g/mol. The van der Waals surface area contributed by atoms with E-state index < -0.39 is 5.97 Å². The number of rotatable bonds is 5. The normalized spacial score (nSPS) is 19.9. The molecule has 0 spiro atoms. The van der Waals surface area contributed by atoms with Crippen LogP contribution in [0.4, 0.5) is 11.6 Å². The average Bonchev–Trinajstić information content (AvgIpc) is 2.37. The number of hydrogen-bond donors (Lipinski definition) is 3. The molecule has 0 aliphatic carbocycles. The molecule has 1 atom stereocenters. The van der Waals surface area contributed by atoms with E-state index in [1.807, 2.05) is 0 Å². The molecule has 0 bridgehead atoms. The highest BCUT2D eigenvalue weighted by Crippen LogP contribution is 2.15. The van der Waals surface area contributed by atoms with Crippen molar-refractivity contribution in [1.29, 1.82) is 0 Å². The van der Waals surface area contributed by atoms with Crippen LogP contribution in [0.1, 0.15) is 12.8 Å². The van der Waals surface area contributed by atoms with Gasteiger partial charge < -0.3 is 20.6 Å². The molecule has 1 unspecified atom stereocenters. The number of anilines is 2. The van der Waals surface area contributed by atoms with Gasteiger partial charge in [0.15, 0.2) is 0 Å². The third-order valence-electron chi connectivity index (χ3n) is 3.06.